The molecule has 2 rings (SSSR count). The fourth-order valence-corrected chi connectivity index (χ4v) is 3.06. The van der Waals surface area contributed by atoms with E-state index in [4.69, 9.17) is 5.26 Å². The summed E-state index contributed by atoms with van der Waals surface area (Å²) in [6, 6.07) is 2.28. The van der Waals surface area contributed by atoms with Crippen LogP contribution in [0.25, 0.3) is 0 Å². The molecule has 1 heterocycles. The number of hydrogen-bond donors (Lipinski definition) is 1. The molecule has 0 atom stereocenters. The second-order valence-corrected chi connectivity index (χ2v) is 6.00. The van der Waals surface area contributed by atoms with E-state index < -0.39 is 0 Å². The molecule has 0 aromatic carbocycles. The van der Waals surface area contributed by atoms with Crippen LogP contribution in [0.3, 0.4) is 0 Å². The Kier molecular flexibility index (Phi) is 5.16. The summed E-state index contributed by atoms with van der Waals surface area (Å²) < 4.78 is 1.84. The summed E-state index contributed by atoms with van der Waals surface area (Å²) in [5.41, 5.74) is 0.233. The number of hydrogen-bond acceptors (Lipinski definition) is 6. The maximum atomic E-state index is 8.81. The maximum absolute atomic E-state index is 8.81. The van der Waals surface area contributed by atoms with E-state index in [1.165, 1.54) is 0 Å². The molecule has 7 heteroatoms. The average Bonchev–Trinajstić information content (AvgIpc) is 3.03. The Morgan fingerprint density at radius 1 is 1.47 bits per heavy atom. The van der Waals surface area contributed by atoms with Crippen molar-refractivity contribution in [2.45, 2.75) is 44.3 Å². The minimum atomic E-state index is 0.233. The Hall–Kier alpha value is -1.13. The minimum Gasteiger partial charge on any atom is -0.315 e. The van der Waals surface area contributed by atoms with E-state index in [2.05, 4.69) is 33.8 Å². The molecule has 1 N–H and O–H groups in total. The van der Waals surface area contributed by atoms with Crippen molar-refractivity contribution in [3.63, 3.8) is 0 Å². The van der Waals surface area contributed by atoms with Crippen LogP contribution in [-0.4, -0.2) is 39.0 Å². The van der Waals surface area contributed by atoms with E-state index in [0.717, 1.165) is 49.8 Å². The fraction of sp³-hybridized carbons (Fsp3) is 0.833. The zero-order valence-electron chi connectivity index (χ0n) is 11.3. The smallest absolute Gasteiger partial charge is 0.209 e. The largest absolute Gasteiger partial charge is 0.315 e. The van der Waals surface area contributed by atoms with E-state index >= 15 is 0 Å². The molecule has 0 saturated heterocycles. The van der Waals surface area contributed by atoms with Gasteiger partial charge in [0, 0.05) is 18.7 Å². The second-order valence-electron chi connectivity index (χ2n) is 5.06. The highest BCUT2D eigenvalue weighted by molar-refractivity contribution is 7.99. The zero-order valence-corrected chi connectivity index (χ0v) is 12.1. The van der Waals surface area contributed by atoms with Gasteiger partial charge < -0.3 is 5.32 Å². The van der Waals surface area contributed by atoms with Crippen LogP contribution < -0.4 is 5.32 Å². The second kappa shape index (κ2) is 6.87. The van der Waals surface area contributed by atoms with Gasteiger partial charge in [-0.15, -0.1) is 5.10 Å². The van der Waals surface area contributed by atoms with Crippen molar-refractivity contribution in [1.82, 2.24) is 25.5 Å². The number of aromatic nitrogens is 4. The van der Waals surface area contributed by atoms with Gasteiger partial charge >= 0.3 is 0 Å². The molecule has 0 spiro atoms. The van der Waals surface area contributed by atoms with E-state index in [1.807, 2.05) is 4.68 Å². The normalized spacial score (nSPS) is 16.2. The van der Waals surface area contributed by atoms with Crippen molar-refractivity contribution in [2.24, 2.45) is 5.41 Å². The van der Waals surface area contributed by atoms with Crippen LogP contribution in [0, 0.1) is 16.7 Å². The molecule has 0 radical (unpaired) electrons. The van der Waals surface area contributed by atoms with Crippen LogP contribution in [0.2, 0.25) is 0 Å². The first-order valence-corrected chi connectivity index (χ1v) is 7.75. The lowest BCUT2D eigenvalue weighted by atomic mass is 10.1. The van der Waals surface area contributed by atoms with Crippen LogP contribution in [0.4, 0.5) is 0 Å². The van der Waals surface area contributed by atoms with Gasteiger partial charge in [0.15, 0.2) is 0 Å². The number of nitrogens with one attached hydrogen (secondary N) is 1. The van der Waals surface area contributed by atoms with Gasteiger partial charge in [-0.05, 0) is 41.6 Å². The molecule has 1 saturated carbocycles. The van der Waals surface area contributed by atoms with Gasteiger partial charge in [-0.3, -0.25) is 0 Å². The quantitative estimate of drug-likeness (QED) is 0.545. The lowest BCUT2D eigenvalue weighted by Crippen LogP contribution is -2.21. The Labute approximate surface area is 117 Å². The molecule has 1 aromatic rings. The van der Waals surface area contributed by atoms with Gasteiger partial charge in [0.05, 0.1) is 12.6 Å². The summed E-state index contributed by atoms with van der Waals surface area (Å²) >= 11 is 1.67. The zero-order chi connectivity index (χ0) is 13.6. The van der Waals surface area contributed by atoms with Crippen molar-refractivity contribution in [2.75, 3.05) is 18.8 Å². The summed E-state index contributed by atoms with van der Waals surface area (Å²) in [6.45, 7) is 4.85. The predicted molar refractivity (Wildman–Crippen MR) is 73.6 cm³/mol. The van der Waals surface area contributed by atoms with E-state index in [9.17, 15) is 0 Å². The van der Waals surface area contributed by atoms with Gasteiger partial charge in [-0.25, -0.2) is 4.68 Å². The molecular formula is C12H20N6S. The predicted octanol–water partition coefficient (Wildman–Crippen LogP) is 1.46. The molecule has 1 fully saturated rings. The maximum Gasteiger partial charge on any atom is 0.209 e. The Bertz CT molecular complexity index is 434. The molecule has 1 aliphatic rings. The summed E-state index contributed by atoms with van der Waals surface area (Å²) in [5, 5.41) is 24.8. The van der Waals surface area contributed by atoms with Crippen LogP contribution in [-0.2, 0) is 6.54 Å². The summed E-state index contributed by atoms with van der Waals surface area (Å²) in [4.78, 5) is 0. The van der Waals surface area contributed by atoms with Crippen LogP contribution in [0.5, 0.6) is 0 Å². The number of rotatable bonds is 9. The molecule has 0 amide bonds. The van der Waals surface area contributed by atoms with E-state index in [1.54, 1.807) is 11.8 Å². The first-order chi connectivity index (χ1) is 9.29. The highest BCUT2D eigenvalue weighted by Crippen LogP contribution is 2.51. The topological polar surface area (TPSA) is 79.4 Å². The van der Waals surface area contributed by atoms with E-state index in [0.29, 0.717) is 6.42 Å². The molecule has 0 bridgehead atoms. The van der Waals surface area contributed by atoms with Crippen molar-refractivity contribution >= 4 is 11.8 Å². The number of thioether (sulfide) groups is 1. The third-order valence-corrected chi connectivity index (χ3v) is 4.65. The third kappa shape index (κ3) is 4.18. The first kappa shape index (κ1) is 14.3. The van der Waals surface area contributed by atoms with Crippen LogP contribution >= 0.6 is 11.8 Å². The molecule has 0 unspecified atom stereocenters. The molecule has 0 aliphatic heterocycles. The number of nitriles is 1. The molecule has 6 nitrogen and oxygen atoms in total. The molecule has 1 aromatic heterocycles. The lowest BCUT2D eigenvalue weighted by molar-refractivity contribution is 0.509. The standard InChI is InChI=1S/C12H20N6S/c1-2-7-14-8-9-18-11(15-16-17-18)19-10-12(3-4-12)5-6-13/h14H,2-5,7-10H2,1H3. The third-order valence-electron chi connectivity index (χ3n) is 3.34. The van der Waals surface area contributed by atoms with Crippen molar-refractivity contribution in [3.05, 3.63) is 0 Å². The minimum absolute atomic E-state index is 0.233. The average molecular weight is 280 g/mol. The van der Waals surface area contributed by atoms with Crippen LogP contribution in [0.1, 0.15) is 32.6 Å². The first-order valence-electron chi connectivity index (χ1n) is 6.76. The van der Waals surface area contributed by atoms with Crippen molar-refractivity contribution in [3.8, 4) is 6.07 Å². The molecular weight excluding hydrogens is 260 g/mol. The molecule has 104 valence electrons. The fourth-order valence-electron chi connectivity index (χ4n) is 1.86. The Morgan fingerprint density at radius 2 is 2.32 bits per heavy atom. The van der Waals surface area contributed by atoms with E-state index in [-0.39, 0.29) is 5.41 Å². The highest BCUT2D eigenvalue weighted by Gasteiger charge is 2.42. The monoisotopic (exact) mass is 280 g/mol. The van der Waals surface area contributed by atoms with Gasteiger partial charge in [-0.2, -0.15) is 5.26 Å². The van der Waals surface area contributed by atoms with Crippen molar-refractivity contribution < 1.29 is 0 Å². The highest BCUT2D eigenvalue weighted by atomic mass is 32.2. The van der Waals surface area contributed by atoms with Gasteiger partial charge in [-0.1, -0.05) is 18.7 Å². The Morgan fingerprint density at radius 3 is 3.00 bits per heavy atom. The number of tetrazole rings is 1. The van der Waals surface area contributed by atoms with Gasteiger partial charge in [0.1, 0.15) is 0 Å². The Balaban J connectivity index is 1.78. The van der Waals surface area contributed by atoms with Gasteiger partial charge in [0.25, 0.3) is 0 Å². The molecule has 19 heavy (non-hydrogen) atoms. The SMILES string of the molecule is CCCNCCn1nnnc1SCC1(CC#N)CC1. The summed E-state index contributed by atoms with van der Waals surface area (Å²) in [5.74, 6) is 0.948. The summed E-state index contributed by atoms with van der Waals surface area (Å²) in [6.07, 6.45) is 4.11. The van der Waals surface area contributed by atoms with Crippen molar-refractivity contribution in [1.29, 1.82) is 5.26 Å². The van der Waals surface area contributed by atoms with Crippen LogP contribution in [0.15, 0.2) is 5.16 Å². The summed E-state index contributed by atoms with van der Waals surface area (Å²) in [7, 11) is 0. The molecule has 1 aliphatic carbocycles. The lowest BCUT2D eigenvalue weighted by Gasteiger charge is -2.10. The van der Waals surface area contributed by atoms with Gasteiger partial charge in [0.2, 0.25) is 5.16 Å². The number of nitrogens with zero attached hydrogens (tertiary/aromatic N) is 5.